The average molecular weight is 399 g/mol. The van der Waals surface area contributed by atoms with Gasteiger partial charge in [0.15, 0.2) is 6.61 Å². The van der Waals surface area contributed by atoms with Crippen LogP contribution in [0.2, 0.25) is 0 Å². The van der Waals surface area contributed by atoms with E-state index in [1.54, 1.807) is 6.07 Å². The summed E-state index contributed by atoms with van der Waals surface area (Å²) in [5, 5.41) is 6.91. The molecule has 1 N–H and O–H groups in total. The summed E-state index contributed by atoms with van der Waals surface area (Å²) in [7, 11) is 0. The first kappa shape index (κ1) is 19.4. The van der Waals surface area contributed by atoms with Crippen molar-refractivity contribution in [3.8, 4) is 28.6 Å². The zero-order valence-corrected chi connectivity index (χ0v) is 16.8. The van der Waals surface area contributed by atoms with Crippen LogP contribution in [0.1, 0.15) is 11.1 Å². The molecular formula is C24H21N3O3. The summed E-state index contributed by atoms with van der Waals surface area (Å²) in [5.41, 5.74) is 4.37. The predicted octanol–water partition coefficient (Wildman–Crippen LogP) is 5.04. The Morgan fingerprint density at radius 1 is 0.967 bits per heavy atom. The minimum absolute atomic E-state index is 0.101. The monoisotopic (exact) mass is 399 g/mol. The van der Waals surface area contributed by atoms with E-state index in [9.17, 15) is 4.79 Å². The highest BCUT2D eigenvalue weighted by atomic mass is 16.5. The Hall–Kier alpha value is -3.93. The first-order valence-electron chi connectivity index (χ1n) is 9.58. The lowest BCUT2D eigenvalue weighted by atomic mass is 10.1. The van der Waals surface area contributed by atoms with E-state index in [0.29, 0.717) is 28.7 Å². The second-order valence-corrected chi connectivity index (χ2v) is 6.92. The zero-order valence-electron chi connectivity index (χ0n) is 16.8. The van der Waals surface area contributed by atoms with Crippen LogP contribution in [0, 0.1) is 13.8 Å². The van der Waals surface area contributed by atoms with Gasteiger partial charge in [-0.25, -0.2) is 0 Å². The van der Waals surface area contributed by atoms with E-state index in [-0.39, 0.29) is 12.5 Å². The van der Waals surface area contributed by atoms with Crippen molar-refractivity contribution in [2.45, 2.75) is 13.8 Å². The van der Waals surface area contributed by atoms with Crippen LogP contribution in [0.15, 0.2) is 77.3 Å². The molecule has 0 atom stereocenters. The molecule has 0 saturated carbocycles. The molecule has 4 rings (SSSR count). The molecule has 0 bridgehead atoms. The van der Waals surface area contributed by atoms with Crippen LogP contribution in [0.4, 0.5) is 5.69 Å². The Bertz CT molecular complexity index is 1170. The normalized spacial score (nSPS) is 10.6. The summed E-state index contributed by atoms with van der Waals surface area (Å²) in [6, 6.07) is 22.6. The molecule has 1 aromatic heterocycles. The van der Waals surface area contributed by atoms with Crippen molar-refractivity contribution >= 4 is 11.6 Å². The van der Waals surface area contributed by atoms with Crippen LogP contribution in [0.5, 0.6) is 5.75 Å². The van der Waals surface area contributed by atoms with Gasteiger partial charge in [0.05, 0.1) is 11.3 Å². The smallest absolute Gasteiger partial charge is 0.262 e. The molecule has 4 aromatic rings. The highest BCUT2D eigenvalue weighted by Crippen LogP contribution is 2.28. The van der Waals surface area contributed by atoms with Crippen molar-refractivity contribution in [1.82, 2.24) is 10.1 Å². The van der Waals surface area contributed by atoms with Crippen LogP contribution in [0.3, 0.4) is 0 Å². The number of aromatic nitrogens is 2. The third-order valence-electron chi connectivity index (χ3n) is 4.74. The number of nitrogens with zero attached hydrogens (tertiary/aromatic N) is 2. The van der Waals surface area contributed by atoms with E-state index in [1.165, 1.54) is 5.56 Å². The SMILES string of the molecule is Cc1ccc(OCC(=O)Nc2ccccc2-c2nc(-c3ccccc3)no2)cc1C. The molecule has 3 aromatic carbocycles. The first-order valence-corrected chi connectivity index (χ1v) is 9.58. The van der Waals surface area contributed by atoms with Crippen molar-refractivity contribution in [3.63, 3.8) is 0 Å². The standard InChI is InChI=1S/C24H21N3O3/c1-16-12-13-19(14-17(16)2)29-15-22(28)25-21-11-7-6-10-20(21)24-26-23(27-30-24)18-8-4-3-5-9-18/h3-14H,15H2,1-2H3,(H,25,28). The number of amides is 1. The zero-order chi connectivity index (χ0) is 20.9. The van der Waals surface area contributed by atoms with Crippen molar-refractivity contribution in [1.29, 1.82) is 0 Å². The number of carbonyl (C=O) groups excluding carboxylic acids is 1. The fourth-order valence-corrected chi connectivity index (χ4v) is 2.95. The number of anilines is 1. The third-order valence-corrected chi connectivity index (χ3v) is 4.74. The maximum absolute atomic E-state index is 12.4. The lowest BCUT2D eigenvalue weighted by Gasteiger charge is -2.10. The van der Waals surface area contributed by atoms with E-state index in [4.69, 9.17) is 9.26 Å². The molecule has 0 aliphatic heterocycles. The average Bonchev–Trinajstić information content (AvgIpc) is 3.26. The summed E-state index contributed by atoms with van der Waals surface area (Å²) in [6.07, 6.45) is 0. The summed E-state index contributed by atoms with van der Waals surface area (Å²) in [5.74, 6) is 1.21. The quantitative estimate of drug-likeness (QED) is 0.492. The van der Waals surface area contributed by atoms with Crippen LogP contribution in [-0.4, -0.2) is 22.7 Å². The second-order valence-electron chi connectivity index (χ2n) is 6.92. The Morgan fingerprint density at radius 2 is 1.73 bits per heavy atom. The van der Waals surface area contributed by atoms with Crippen LogP contribution < -0.4 is 10.1 Å². The number of para-hydroxylation sites is 1. The molecule has 0 fully saturated rings. The Labute approximate surface area is 174 Å². The number of carbonyl (C=O) groups is 1. The number of hydrogen-bond donors (Lipinski definition) is 1. The number of nitrogens with one attached hydrogen (secondary N) is 1. The maximum Gasteiger partial charge on any atom is 0.262 e. The Balaban J connectivity index is 1.47. The maximum atomic E-state index is 12.4. The van der Waals surface area contributed by atoms with Gasteiger partial charge in [0.25, 0.3) is 11.8 Å². The number of aryl methyl sites for hydroxylation is 2. The van der Waals surface area contributed by atoms with Crippen molar-refractivity contribution < 1.29 is 14.1 Å². The minimum Gasteiger partial charge on any atom is -0.484 e. The summed E-state index contributed by atoms with van der Waals surface area (Å²) in [6.45, 7) is 3.94. The predicted molar refractivity (Wildman–Crippen MR) is 115 cm³/mol. The number of benzene rings is 3. The van der Waals surface area contributed by atoms with Gasteiger partial charge in [0.2, 0.25) is 5.82 Å². The molecule has 0 spiro atoms. The molecule has 150 valence electrons. The first-order chi connectivity index (χ1) is 14.6. The Kier molecular flexibility index (Phi) is 5.57. The highest BCUT2D eigenvalue weighted by molar-refractivity contribution is 5.95. The summed E-state index contributed by atoms with van der Waals surface area (Å²) >= 11 is 0. The molecule has 6 nitrogen and oxygen atoms in total. The van der Waals surface area contributed by atoms with Gasteiger partial charge in [0.1, 0.15) is 5.75 Å². The summed E-state index contributed by atoms with van der Waals surface area (Å²) in [4.78, 5) is 16.9. The van der Waals surface area contributed by atoms with E-state index >= 15 is 0 Å². The van der Waals surface area contributed by atoms with Gasteiger partial charge in [-0.15, -0.1) is 0 Å². The fourth-order valence-electron chi connectivity index (χ4n) is 2.95. The van der Waals surface area contributed by atoms with Crippen molar-refractivity contribution in [2.24, 2.45) is 0 Å². The fraction of sp³-hybridized carbons (Fsp3) is 0.125. The molecule has 1 heterocycles. The number of hydrogen-bond acceptors (Lipinski definition) is 5. The lowest BCUT2D eigenvalue weighted by molar-refractivity contribution is -0.118. The molecular weight excluding hydrogens is 378 g/mol. The largest absolute Gasteiger partial charge is 0.484 e. The molecule has 0 saturated heterocycles. The van der Waals surface area contributed by atoms with Crippen molar-refractivity contribution in [2.75, 3.05) is 11.9 Å². The molecule has 0 radical (unpaired) electrons. The van der Waals surface area contributed by atoms with Crippen LogP contribution >= 0.6 is 0 Å². The highest BCUT2D eigenvalue weighted by Gasteiger charge is 2.15. The van der Waals surface area contributed by atoms with Gasteiger partial charge < -0.3 is 14.6 Å². The number of ether oxygens (including phenoxy) is 1. The Morgan fingerprint density at radius 3 is 2.53 bits per heavy atom. The van der Waals surface area contributed by atoms with E-state index in [2.05, 4.69) is 15.5 Å². The number of rotatable bonds is 6. The summed E-state index contributed by atoms with van der Waals surface area (Å²) < 4.78 is 11.1. The van der Waals surface area contributed by atoms with Gasteiger partial charge in [-0.1, -0.05) is 53.7 Å². The molecule has 6 heteroatoms. The topological polar surface area (TPSA) is 77.2 Å². The van der Waals surface area contributed by atoms with Gasteiger partial charge >= 0.3 is 0 Å². The minimum atomic E-state index is -0.275. The second kappa shape index (κ2) is 8.61. The third kappa shape index (κ3) is 4.38. The van der Waals surface area contributed by atoms with Crippen LogP contribution in [0.25, 0.3) is 22.8 Å². The van der Waals surface area contributed by atoms with Gasteiger partial charge in [-0.2, -0.15) is 4.98 Å². The van der Waals surface area contributed by atoms with Crippen LogP contribution in [-0.2, 0) is 4.79 Å². The van der Waals surface area contributed by atoms with Gasteiger partial charge in [0, 0.05) is 5.56 Å². The van der Waals surface area contributed by atoms with E-state index in [1.807, 2.05) is 80.6 Å². The van der Waals surface area contributed by atoms with Gasteiger partial charge in [-0.3, -0.25) is 4.79 Å². The molecule has 0 unspecified atom stereocenters. The molecule has 30 heavy (non-hydrogen) atoms. The van der Waals surface area contributed by atoms with E-state index < -0.39 is 0 Å². The molecule has 1 amide bonds. The molecule has 0 aliphatic rings. The lowest BCUT2D eigenvalue weighted by Crippen LogP contribution is -2.20. The molecule has 0 aliphatic carbocycles. The van der Waals surface area contributed by atoms with Gasteiger partial charge in [-0.05, 0) is 49.2 Å². The van der Waals surface area contributed by atoms with E-state index in [0.717, 1.165) is 11.1 Å². The van der Waals surface area contributed by atoms with Crippen molar-refractivity contribution in [3.05, 3.63) is 83.9 Å².